The molecule has 3 heteroatoms. The Bertz CT molecular complexity index is 259. The van der Waals surface area contributed by atoms with Crippen LogP contribution in [0, 0.1) is 5.92 Å². The highest BCUT2D eigenvalue weighted by Crippen LogP contribution is 2.09. The topological polar surface area (TPSA) is 37.8 Å². The molecular formula is C13H23N3. The van der Waals surface area contributed by atoms with Gasteiger partial charge >= 0.3 is 0 Å². The summed E-state index contributed by atoms with van der Waals surface area (Å²) in [6.07, 6.45) is 11.8. The summed E-state index contributed by atoms with van der Waals surface area (Å²) in [4.78, 5) is 8.17. The first-order valence-corrected chi connectivity index (χ1v) is 6.29. The van der Waals surface area contributed by atoms with Crippen molar-refractivity contribution in [3.8, 4) is 0 Å². The summed E-state index contributed by atoms with van der Waals surface area (Å²) in [5.41, 5.74) is 0. The first kappa shape index (κ1) is 12.9. The molecule has 0 amide bonds. The predicted octanol–water partition coefficient (Wildman–Crippen LogP) is 3.50. The van der Waals surface area contributed by atoms with Crippen LogP contribution in [0.25, 0.3) is 0 Å². The molecule has 0 spiro atoms. The van der Waals surface area contributed by atoms with Crippen molar-refractivity contribution in [2.24, 2.45) is 5.92 Å². The van der Waals surface area contributed by atoms with Crippen molar-refractivity contribution in [1.29, 1.82) is 0 Å². The van der Waals surface area contributed by atoms with E-state index in [4.69, 9.17) is 0 Å². The van der Waals surface area contributed by atoms with Crippen LogP contribution in [-0.4, -0.2) is 16.5 Å². The molecular weight excluding hydrogens is 198 g/mol. The summed E-state index contributed by atoms with van der Waals surface area (Å²) in [5.74, 6) is 1.72. The van der Waals surface area contributed by atoms with E-state index in [0.717, 1.165) is 18.3 Å². The molecule has 0 aliphatic rings. The molecule has 3 nitrogen and oxygen atoms in total. The SMILES string of the molecule is CC(C)CCCCCCNc1cnccn1. The van der Waals surface area contributed by atoms with Gasteiger partial charge in [-0.05, 0) is 12.3 Å². The lowest BCUT2D eigenvalue weighted by molar-refractivity contribution is 0.523. The summed E-state index contributed by atoms with van der Waals surface area (Å²) in [5, 5.41) is 3.27. The lowest BCUT2D eigenvalue weighted by atomic mass is 10.0. The number of aromatic nitrogens is 2. The van der Waals surface area contributed by atoms with Crippen molar-refractivity contribution < 1.29 is 0 Å². The molecule has 0 aliphatic carbocycles. The van der Waals surface area contributed by atoms with Crippen LogP contribution in [0.3, 0.4) is 0 Å². The van der Waals surface area contributed by atoms with Crippen molar-refractivity contribution in [3.63, 3.8) is 0 Å². The molecule has 1 aromatic heterocycles. The number of nitrogens with zero attached hydrogens (tertiary/aromatic N) is 2. The zero-order chi connectivity index (χ0) is 11.6. The third-order valence-corrected chi connectivity index (χ3v) is 2.58. The van der Waals surface area contributed by atoms with Crippen LogP contribution >= 0.6 is 0 Å². The zero-order valence-corrected chi connectivity index (χ0v) is 10.4. The van der Waals surface area contributed by atoms with E-state index in [0.29, 0.717) is 0 Å². The standard InChI is InChI=1S/C13H23N3/c1-12(2)7-5-3-4-6-8-15-13-11-14-9-10-16-13/h9-12H,3-8H2,1-2H3,(H,15,16). The van der Waals surface area contributed by atoms with Gasteiger partial charge < -0.3 is 5.32 Å². The van der Waals surface area contributed by atoms with Gasteiger partial charge in [0.1, 0.15) is 5.82 Å². The van der Waals surface area contributed by atoms with Crippen molar-refractivity contribution in [1.82, 2.24) is 9.97 Å². The largest absolute Gasteiger partial charge is 0.369 e. The summed E-state index contributed by atoms with van der Waals surface area (Å²) in [7, 11) is 0. The average molecular weight is 221 g/mol. The Kier molecular flexibility index (Phi) is 6.54. The molecule has 0 saturated carbocycles. The Hall–Kier alpha value is -1.12. The molecule has 0 saturated heterocycles. The van der Waals surface area contributed by atoms with Gasteiger partial charge in [-0.2, -0.15) is 0 Å². The normalized spacial score (nSPS) is 10.7. The Labute approximate surface area is 98.7 Å². The molecule has 1 aromatic rings. The van der Waals surface area contributed by atoms with Gasteiger partial charge in [0.25, 0.3) is 0 Å². The monoisotopic (exact) mass is 221 g/mol. The lowest BCUT2D eigenvalue weighted by Gasteiger charge is -2.05. The smallest absolute Gasteiger partial charge is 0.144 e. The van der Waals surface area contributed by atoms with Crippen molar-refractivity contribution in [3.05, 3.63) is 18.6 Å². The summed E-state index contributed by atoms with van der Waals surface area (Å²) < 4.78 is 0. The highest BCUT2D eigenvalue weighted by atomic mass is 15.0. The number of nitrogens with one attached hydrogen (secondary N) is 1. The van der Waals surface area contributed by atoms with Crippen LogP contribution in [0.5, 0.6) is 0 Å². The second-order valence-corrected chi connectivity index (χ2v) is 4.61. The van der Waals surface area contributed by atoms with Crippen LogP contribution in [-0.2, 0) is 0 Å². The second-order valence-electron chi connectivity index (χ2n) is 4.61. The van der Waals surface area contributed by atoms with Gasteiger partial charge in [-0.15, -0.1) is 0 Å². The maximum atomic E-state index is 4.16. The van der Waals surface area contributed by atoms with Crippen LogP contribution in [0.4, 0.5) is 5.82 Å². The number of anilines is 1. The van der Waals surface area contributed by atoms with Gasteiger partial charge in [0.2, 0.25) is 0 Å². The van der Waals surface area contributed by atoms with E-state index in [1.165, 1.54) is 32.1 Å². The van der Waals surface area contributed by atoms with E-state index >= 15 is 0 Å². The Morgan fingerprint density at radius 3 is 2.62 bits per heavy atom. The van der Waals surface area contributed by atoms with Crippen LogP contribution < -0.4 is 5.32 Å². The van der Waals surface area contributed by atoms with E-state index in [1.54, 1.807) is 18.6 Å². The molecule has 0 radical (unpaired) electrons. The summed E-state index contributed by atoms with van der Waals surface area (Å²) in [6.45, 7) is 5.58. The molecule has 0 aliphatic heterocycles. The fourth-order valence-corrected chi connectivity index (χ4v) is 1.64. The summed E-state index contributed by atoms with van der Waals surface area (Å²) >= 11 is 0. The first-order chi connectivity index (χ1) is 7.79. The molecule has 16 heavy (non-hydrogen) atoms. The number of unbranched alkanes of at least 4 members (excludes halogenated alkanes) is 3. The van der Waals surface area contributed by atoms with Crippen molar-refractivity contribution in [2.75, 3.05) is 11.9 Å². The van der Waals surface area contributed by atoms with Gasteiger partial charge in [-0.25, -0.2) is 4.98 Å². The molecule has 90 valence electrons. The van der Waals surface area contributed by atoms with Gasteiger partial charge in [-0.3, -0.25) is 4.98 Å². The van der Waals surface area contributed by atoms with Gasteiger partial charge in [-0.1, -0.05) is 39.5 Å². The molecule has 0 unspecified atom stereocenters. The molecule has 1 heterocycles. The molecule has 1 rings (SSSR count). The molecule has 0 atom stereocenters. The highest BCUT2D eigenvalue weighted by molar-refractivity contribution is 5.29. The van der Waals surface area contributed by atoms with Gasteiger partial charge in [0, 0.05) is 18.9 Å². The lowest BCUT2D eigenvalue weighted by Crippen LogP contribution is -2.03. The first-order valence-electron chi connectivity index (χ1n) is 6.29. The molecule has 0 aromatic carbocycles. The minimum absolute atomic E-state index is 0.845. The van der Waals surface area contributed by atoms with E-state index in [1.807, 2.05) is 0 Å². The second kappa shape index (κ2) is 8.08. The van der Waals surface area contributed by atoms with Crippen molar-refractivity contribution in [2.45, 2.75) is 46.0 Å². The Morgan fingerprint density at radius 1 is 1.12 bits per heavy atom. The molecule has 0 bridgehead atoms. The van der Waals surface area contributed by atoms with Gasteiger partial charge in [0.05, 0.1) is 6.20 Å². The van der Waals surface area contributed by atoms with E-state index in [9.17, 15) is 0 Å². The van der Waals surface area contributed by atoms with E-state index in [2.05, 4.69) is 29.1 Å². The van der Waals surface area contributed by atoms with E-state index < -0.39 is 0 Å². The van der Waals surface area contributed by atoms with E-state index in [-0.39, 0.29) is 0 Å². The Balaban J connectivity index is 1.93. The summed E-state index contributed by atoms with van der Waals surface area (Å²) in [6, 6.07) is 0. The van der Waals surface area contributed by atoms with Crippen LogP contribution in [0.1, 0.15) is 46.0 Å². The minimum atomic E-state index is 0.845. The maximum absolute atomic E-state index is 4.16. The fraction of sp³-hybridized carbons (Fsp3) is 0.692. The zero-order valence-electron chi connectivity index (χ0n) is 10.4. The number of rotatable bonds is 8. The molecule has 1 N–H and O–H groups in total. The Morgan fingerprint density at radius 2 is 1.94 bits per heavy atom. The fourth-order valence-electron chi connectivity index (χ4n) is 1.64. The minimum Gasteiger partial charge on any atom is -0.369 e. The predicted molar refractivity (Wildman–Crippen MR) is 68.4 cm³/mol. The average Bonchev–Trinajstić information content (AvgIpc) is 2.29. The number of hydrogen-bond donors (Lipinski definition) is 1. The third kappa shape index (κ3) is 6.38. The van der Waals surface area contributed by atoms with Crippen LogP contribution in [0.15, 0.2) is 18.6 Å². The quantitative estimate of drug-likeness (QED) is 0.683. The number of hydrogen-bond acceptors (Lipinski definition) is 3. The van der Waals surface area contributed by atoms with Crippen LogP contribution in [0.2, 0.25) is 0 Å². The van der Waals surface area contributed by atoms with Crippen molar-refractivity contribution >= 4 is 5.82 Å². The maximum Gasteiger partial charge on any atom is 0.144 e. The third-order valence-electron chi connectivity index (χ3n) is 2.58. The molecule has 0 fully saturated rings. The van der Waals surface area contributed by atoms with Gasteiger partial charge in [0.15, 0.2) is 0 Å². The highest BCUT2D eigenvalue weighted by Gasteiger charge is 1.95.